The lowest BCUT2D eigenvalue weighted by Crippen LogP contribution is -2.45. The summed E-state index contributed by atoms with van der Waals surface area (Å²) in [6.45, 7) is 4.60. The number of aliphatic hydroxyl groups is 1. The van der Waals surface area contributed by atoms with E-state index >= 15 is 0 Å². The molecule has 106 valence electrons. The molecule has 1 aliphatic heterocycles. The highest BCUT2D eigenvalue weighted by Crippen LogP contribution is 2.26. The first-order valence-corrected chi connectivity index (χ1v) is 8.14. The van der Waals surface area contributed by atoms with Gasteiger partial charge in [-0.3, -0.25) is 0 Å². The zero-order valence-corrected chi connectivity index (χ0v) is 12.2. The third-order valence-electron chi connectivity index (χ3n) is 3.89. The molecule has 4 nitrogen and oxygen atoms in total. The van der Waals surface area contributed by atoms with Crippen LogP contribution < -0.4 is 0 Å². The molecule has 1 aromatic rings. The van der Waals surface area contributed by atoms with Crippen LogP contribution in [0.1, 0.15) is 25.3 Å². The zero-order valence-electron chi connectivity index (χ0n) is 11.4. The lowest BCUT2D eigenvalue weighted by molar-refractivity contribution is 0.0520. The van der Waals surface area contributed by atoms with E-state index in [-0.39, 0.29) is 12.0 Å². The molecule has 2 unspecified atom stereocenters. The van der Waals surface area contributed by atoms with Crippen LogP contribution in [0.5, 0.6) is 0 Å². The van der Waals surface area contributed by atoms with Crippen LogP contribution in [-0.4, -0.2) is 37.0 Å². The molecule has 0 saturated carbocycles. The van der Waals surface area contributed by atoms with Gasteiger partial charge >= 0.3 is 0 Å². The lowest BCUT2D eigenvalue weighted by atomic mass is 9.94. The van der Waals surface area contributed by atoms with E-state index in [2.05, 4.69) is 0 Å². The zero-order chi connectivity index (χ0) is 14.0. The van der Waals surface area contributed by atoms with E-state index in [0.717, 1.165) is 12.0 Å². The second-order valence-electron chi connectivity index (χ2n) is 5.15. The standard InChI is InChI=1S/C14H21NO3S/c1-3-12-10-15(9-8-13(12)16)19(17,18)14-7-5-4-6-11(14)2/h4-7,12-13,16H,3,8-10H2,1-2H3. The molecule has 0 bridgehead atoms. The predicted octanol–water partition coefficient (Wildman–Crippen LogP) is 1.78. The Morgan fingerprint density at radius 3 is 2.68 bits per heavy atom. The normalized spacial score (nSPS) is 25.4. The van der Waals surface area contributed by atoms with Crippen molar-refractivity contribution in [2.24, 2.45) is 5.92 Å². The molecule has 0 aliphatic carbocycles. The minimum absolute atomic E-state index is 0.0348. The van der Waals surface area contributed by atoms with Crippen LogP contribution in [0.25, 0.3) is 0 Å². The molecule has 0 spiro atoms. The van der Waals surface area contributed by atoms with E-state index in [9.17, 15) is 13.5 Å². The van der Waals surface area contributed by atoms with Crippen molar-refractivity contribution in [2.45, 2.75) is 37.7 Å². The summed E-state index contributed by atoms with van der Waals surface area (Å²) in [7, 11) is -3.44. The molecule has 19 heavy (non-hydrogen) atoms. The fraction of sp³-hybridized carbons (Fsp3) is 0.571. The Balaban J connectivity index is 2.28. The summed E-state index contributed by atoms with van der Waals surface area (Å²) < 4.78 is 26.8. The van der Waals surface area contributed by atoms with Gasteiger partial charge < -0.3 is 5.11 Å². The Morgan fingerprint density at radius 2 is 2.05 bits per heavy atom. The van der Waals surface area contributed by atoms with Crippen molar-refractivity contribution in [2.75, 3.05) is 13.1 Å². The van der Waals surface area contributed by atoms with E-state index in [0.29, 0.717) is 24.4 Å². The van der Waals surface area contributed by atoms with Gasteiger partial charge in [-0.25, -0.2) is 8.42 Å². The first-order chi connectivity index (χ1) is 8.96. The Morgan fingerprint density at radius 1 is 1.37 bits per heavy atom. The van der Waals surface area contributed by atoms with Gasteiger partial charge in [-0.05, 0) is 37.3 Å². The van der Waals surface area contributed by atoms with Crippen molar-refractivity contribution in [3.05, 3.63) is 29.8 Å². The van der Waals surface area contributed by atoms with E-state index < -0.39 is 10.0 Å². The lowest BCUT2D eigenvalue weighted by Gasteiger charge is -2.35. The van der Waals surface area contributed by atoms with Gasteiger partial charge in [0.15, 0.2) is 0 Å². The van der Waals surface area contributed by atoms with Gasteiger partial charge in [-0.1, -0.05) is 25.1 Å². The molecule has 5 heteroatoms. The van der Waals surface area contributed by atoms with E-state index in [1.807, 2.05) is 26.0 Å². The van der Waals surface area contributed by atoms with Crippen molar-refractivity contribution >= 4 is 10.0 Å². The molecule has 0 radical (unpaired) electrons. The molecular formula is C14H21NO3S. The molecule has 1 aliphatic rings. The van der Waals surface area contributed by atoms with Crippen LogP contribution >= 0.6 is 0 Å². The summed E-state index contributed by atoms with van der Waals surface area (Å²) in [4.78, 5) is 0.376. The van der Waals surface area contributed by atoms with Crippen LogP contribution in [-0.2, 0) is 10.0 Å². The van der Waals surface area contributed by atoms with E-state index in [1.165, 1.54) is 4.31 Å². The van der Waals surface area contributed by atoms with Crippen molar-refractivity contribution < 1.29 is 13.5 Å². The summed E-state index contributed by atoms with van der Waals surface area (Å²) in [5.74, 6) is 0.0348. The first-order valence-electron chi connectivity index (χ1n) is 6.70. The van der Waals surface area contributed by atoms with Crippen molar-refractivity contribution in [3.8, 4) is 0 Å². The van der Waals surface area contributed by atoms with E-state index in [4.69, 9.17) is 0 Å². The summed E-state index contributed by atoms with van der Waals surface area (Å²) in [6.07, 6.45) is 0.929. The Hall–Kier alpha value is -0.910. The predicted molar refractivity (Wildman–Crippen MR) is 74.3 cm³/mol. The highest BCUT2D eigenvalue weighted by molar-refractivity contribution is 7.89. The van der Waals surface area contributed by atoms with Gasteiger partial charge in [0, 0.05) is 13.1 Å². The average Bonchev–Trinajstić information content (AvgIpc) is 2.39. The van der Waals surface area contributed by atoms with Gasteiger partial charge in [0.2, 0.25) is 10.0 Å². The highest BCUT2D eigenvalue weighted by atomic mass is 32.2. The molecule has 1 N–H and O–H groups in total. The topological polar surface area (TPSA) is 57.6 Å². The number of hydrogen-bond donors (Lipinski definition) is 1. The monoisotopic (exact) mass is 283 g/mol. The fourth-order valence-corrected chi connectivity index (χ4v) is 4.33. The summed E-state index contributed by atoms with van der Waals surface area (Å²) >= 11 is 0. The van der Waals surface area contributed by atoms with Gasteiger partial charge in [0.05, 0.1) is 11.0 Å². The van der Waals surface area contributed by atoms with Crippen molar-refractivity contribution in [1.82, 2.24) is 4.31 Å². The molecular weight excluding hydrogens is 262 g/mol. The van der Waals surface area contributed by atoms with Crippen LogP contribution in [0.3, 0.4) is 0 Å². The Kier molecular flexibility index (Phi) is 4.28. The molecule has 2 rings (SSSR count). The van der Waals surface area contributed by atoms with Crippen molar-refractivity contribution in [3.63, 3.8) is 0 Å². The molecule has 1 heterocycles. The Bertz CT molecular complexity index is 541. The number of aliphatic hydroxyl groups excluding tert-OH is 1. The first kappa shape index (κ1) is 14.5. The highest BCUT2D eigenvalue weighted by Gasteiger charge is 2.34. The average molecular weight is 283 g/mol. The van der Waals surface area contributed by atoms with Gasteiger partial charge in [0.25, 0.3) is 0 Å². The van der Waals surface area contributed by atoms with Crippen molar-refractivity contribution in [1.29, 1.82) is 0 Å². The number of piperidine rings is 1. The minimum atomic E-state index is -3.44. The minimum Gasteiger partial charge on any atom is -0.393 e. The molecule has 0 amide bonds. The quantitative estimate of drug-likeness (QED) is 0.920. The van der Waals surface area contributed by atoms with Gasteiger partial charge in [-0.2, -0.15) is 4.31 Å². The number of nitrogens with zero attached hydrogens (tertiary/aromatic N) is 1. The SMILES string of the molecule is CCC1CN(S(=O)(=O)c2ccccc2C)CCC1O. The maximum absolute atomic E-state index is 12.6. The maximum Gasteiger partial charge on any atom is 0.243 e. The smallest absolute Gasteiger partial charge is 0.243 e. The second-order valence-corrected chi connectivity index (χ2v) is 7.06. The maximum atomic E-state index is 12.6. The number of rotatable bonds is 3. The van der Waals surface area contributed by atoms with Gasteiger partial charge in [0.1, 0.15) is 0 Å². The van der Waals surface area contributed by atoms with E-state index in [1.54, 1.807) is 12.1 Å². The summed E-state index contributed by atoms with van der Waals surface area (Å²) in [5.41, 5.74) is 0.765. The molecule has 1 fully saturated rings. The summed E-state index contributed by atoms with van der Waals surface area (Å²) in [6, 6.07) is 7.04. The van der Waals surface area contributed by atoms with Crippen LogP contribution in [0, 0.1) is 12.8 Å². The number of hydrogen-bond acceptors (Lipinski definition) is 3. The van der Waals surface area contributed by atoms with Crippen LogP contribution in [0.2, 0.25) is 0 Å². The number of aryl methyl sites for hydroxylation is 1. The summed E-state index contributed by atoms with van der Waals surface area (Å²) in [5, 5.41) is 9.86. The van der Waals surface area contributed by atoms with Crippen LogP contribution in [0.15, 0.2) is 29.2 Å². The van der Waals surface area contributed by atoms with Crippen LogP contribution in [0.4, 0.5) is 0 Å². The second kappa shape index (κ2) is 5.61. The molecule has 1 aromatic carbocycles. The fourth-order valence-electron chi connectivity index (χ4n) is 2.59. The van der Waals surface area contributed by atoms with Gasteiger partial charge in [-0.15, -0.1) is 0 Å². The third kappa shape index (κ3) is 2.83. The largest absolute Gasteiger partial charge is 0.393 e. The number of sulfonamides is 1. The molecule has 1 saturated heterocycles. The molecule has 2 atom stereocenters. The molecule has 0 aromatic heterocycles. The number of benzene rings is 1. The Labute approximate surface area is 115 Å². The third-order valence-corrected chi connectivity index (χ3v) is 5.92.